The molecule has 0 radical (unpaired) electrons. The van der Waals surface area contributed by atoms with Crippen LogP contribution in [0.3, 0.4) is 0 Å². The standard InChI is InChI=1S/C18H25NO3/c1-3-18(17(21)22-4-2)11-14-8-9-16(18)19(14)12-13-6-5-7-15(20)10-13/h5-7,10,14,16,20H,3-4,8-9,11-12H2,1-2H3/t14-,16+,18+/m0/s1. The quantitative estimate of drug-likeness (QED) is 0.849. The summed E-state index contributed by atoms with van der Waals surface area (Å²) in [5, 5.41) is 9.65. The molecule has 0 saturated carbocycles. The zero-order chi connectivity index (χ0) is 15.7. The fourth-order valence-corrected chi connectivity index (χ4v) is 4.43. The Morgan fingerprint density at radius 3 is 2.91 bits per heavy atom. The first kappa shape index (κ1) is 15.3. The van der Waals surface area contributed by atoms with Crippen LogP contribution in [0.4, 0.5) is 0 Å². The summed E-state index contributed by atoms with van der Waals surface area (Å²) in [6.45, 7) is 5.22. The summed E-state index contributed by atoms with van der Waals surface area (Å²) in [5.74, 6) is 0.279. The van der Waals surface area contributed by atoms with Crippen LogP contribution in [0.15, 0.2) is 24.3 Å². The van der Waals surface area contributed by atoms with E-state index in [0.29, 0.717) is 18.4 Å². The van der Waals surface area contributed by atoms with Crippen molar-refractivity contribution in [2.75, 3.05) is 6.61 Å². The minimum atomic E-state index is -0.338. The predicted octanol–water partition coefficient (Wildman–Crippen LogP) is 3.09. The Morgan fingerprint density at radius 1 is 1.41 bits per heavy atom. The maximum atomic E-state index is 12.6. The van der Waals surface area contributed by atoms with Gasteiger partial charge in [0.05, 0.1) is 12.0 Å². The zero-order valence-electron chi connectivity index (χ0n) is 13.4. The number of carbonyl (C=O) groups is 1. The number of phenols is 1. The van der Waals surface area contributed by atoms with Crippen molar-refractivity contribution in [1.82, 2.24) is 4.90 Å². The molecule has 2 fully saturated rings. The Balaban J connectivity index is 1.81. The second-order valence-electron chi connectivity index (χ2n) is 6.52. The summed E-state index contributed by atoms with van der Waals surface area (Å²) in [6.07, 6.45) is 3.97. The molecule has 2 saturated heterocycles. The van der Waals surface area contributed by atoms with Crippen molar-refractivity contribution in [3.8, 4) is 5.75 Å². The molecule has 120 valence electrons. The van der Waals surface area contributed by atoms with Crippen LogP contribution in [-0.2, 0) is 16.1 Å². The van der Waals surface area contributed by atoms with Gasteiger partial charge in [0.2, 0.25) is 0 Å². The molecule has 22 heavy (non-hydrogen) atoms. The lowest BCUT2D eigenvalue weighted by Crippen LogP contribution is -2.43. The average molecular weight is 303 g/mol. The molecule has 1 aromatic rings. The average Bonchev–Trinajstić information content (AvgIpc) is 3.03. The number of ether oxygens (including phenoxy) is 1. The number of hydrogen-bond acceptors (Lipinski definition) is 4. The van der Waals surface area contributed by atoms with Crippen LogP contribution >= 0.6 is 0 Å². The number of benzene rings is 1. The fraction of sp³-hybridized carbons (Fsp3) is 0.611. The minimum absolute atomic E-state index is 0.0226. The highest BCUT2D eigenvalue weighted by Gasteiger charge is 2.59. The first-order chi connectivity index (χ1) is 10.6. The number of aromatic hydroxyl groups is 1. The van der Waals surface area contributed by atoms with Crippen LogP contribution in [-0.4, -0.2) is 34.7 Å². The lowest BCUT2D eigenvalue weighted by molar-refractivity contribution is -0.157. The predicted molar refractivity (Wildman–Crippen MR) is 84.4 cm³/mol. The van der Waals surface area contributed by atoms with E-state index in [1.807, 2.05) is 25.1 Å². The Kier molecular flexibility index (Phi) is 4.13. The molecule has 3 rings (SSSR count). The van der Waals surface area contributed by atoms with E-state index in [2.05, 4.69) is 11.8 Å². The van der Waals surface area contributed by atoms with E-state index in [9.17, 15) is 9.90 Å². The fourth-order valence-electron chi connectivity index (χ4n) is 4.43. The summed E-state index contributed by atoms with van der Waals surface area (Å²) in [7, 11) is 0. The second-order valence-corrected chi connectivity index (χ2v) is 6.52. The molecule has 0 aromatic heterocycles. The molecule has 2 bridgehead atoms. The Labute approximate surface area is 132 Å². The summed E-state index contributed by atoms with van der Waals surface area (Å²) in [5.41, 5.74) is 0.767. The van der Waals surface area contributed by atoms with Crippen molar-refractivity contribution in [3.05, 3.63) is 29.8 Å². The summed E-state index contributed by atoms with van der Waals surface area (Å²) in [6, 6.07) is 8.14. The molecule has 3 atom stereocenters. The lowest BCUT2D eigenvalue weighted by atomic mass is 9.72. The molecule has 2 heterocycles. The van der Waals surface area contributed by atoms with Crippen LogP contribution in [0.25, 0.3) is 0 Å². The number of hydrogen-bond donors (Lipinski definition) is 1. The molecule has 0 amide bonds. The van der Waals surface area contributed by atoms with Gasteiger partial charge in [-0.15, -0.1) is 0 Å². The van der Waals surface area contributed by atoms with E-state index in [-0.39, 0.29) is 17.4 Å². The molecule has 0 spiro atoms. The molecule has 2 aliphatic rings. The van der Waals surface area contributed by atoms with E-state index < -0.39 is 0 Å². The van der Waals surface area contributed by atoms with Crippen molar-refractivity contribution >= 4 is 5.97 Å². The Hall–Kier alpha value is -1.55. The van der Waals surface area contributed by atoms with Gasteiger partial charge in [0, 0.05) is 18.6 Å². The van der Waals surface area contributed by atoms with Gasteiger partial charge >= 0.3 is 5.97 Å². The number of esters is 1. The van der Waals surface area contributed by atoms with Gasteiger partial charge in [-0.1, -0.05) is 19.1 Å². The minimum Gasteiger partial charge on any atom is -0.508 e. The van der Waals surface area contributed by atoms with Gasteiger partial charge in [-0.05, 0) is 50.3 Å². The van der Waals surface area contributed by atoms with Crippen LogP contribution in [0.2, 0.25) is 0 Å². The van der Waals surface area contributed by atoms with Gasteiger partial charge in [0.25, 0.3) is 0 Å². The Bertz CT molecular complexity index is 559. The zero-order valence-corrected chi connectivity index (χ0v) is 13.4. The van der Waals surface area contributed by atoms with E-state index in [1.165, 1.54) is 0 Å². The van der Waals surface area contributed by atoms with E-state index >= 15 is 0 Å². The number of nitrogens with zero attached hydrogens (tertiary/aromatic N) is 1. The molecule has 4 nitrogen and oxygen atoms in total. The van der Waals surface area contributed by atoms with Crippen LogP contribution in [0.1, 0.15) is 45.1 Å². The molecule has 4 heteroatoms. The second kappa shape index (κ2) is 5.92. The summed E-state index contributed by atoms with van der Waals surface area (Å²) in [4.78, 5) is 15.0. The largest absolute Gasteiger partial charge is 0.508 e. The third-order valence-corrected chi connectivity index (χ3v) is 5.47. The number of fused-ring (bicyclic) bond motifs is 2. The first-order valence-corrected chi connectivity index (χ1v) is 8.31. The molecule has 2 aliphatic heterocycles. The topological polar surface area (TPSA) is 49.8 Å². The highest BCUT2D eigenvalue weighted by molar-refractivity contribution is 5.78. The number of phenolic OH excluding ortho intramolecular Hbond substituents is 1. The highest BCUT2D eigenvalue weighted by Crippen LogP contribution is 2.52. The van der Waals surface area contributed by atoms with Gasteiger partial charge in [-0.3, -0.25) is 9.69 Å². The molecule has 1 N–H and O–H groups in total. The van der Waals surface area contributed by atoms with Gasteiger partial charge in [-0.25, -0.2) is 0 Å². The SMILES string of the molecule is CCOC(=O)[C@]1(CC)C[C@@H]2CC[C@H]1N2Cc1cccc(O)c1. The van der Waals surface area contributed by atoms with Crippen molar-refractivity contribution < 1.29 is 14.6 Å². The highest BCUT2D eigenvalue weighted by atomic mass is 16.5. The third-order valence-electron chi connectivity index (χ3n) is 5.47. The molecular formula is C18H25NO3. The van der Waals surface area contributed by atoms with E-state index in [4.69, 9.17) is 4.74 Å². The van der Waals surface area contributed by atoms with Crippen LogP contribution in [0, 0.1) is 5.41 Å². The molecule has 1 aromatic carbocycles. The van der Waals surface area contributed by atoms with Crippen LogP contribution in [0.5, 0.6) is 5.75 Å². The summed E-state index contributed by atoms with van der Waals surface area (Å²) >= 11 is 0. The van der Waals surface area contributed by atoms with Gasteiger partial charge in [-0.2, -0.15) is 0 Å². The van der Waals surface area contributed by atoms with Gasteiger partial charge < -0.3 is 9.84 Å². The number of rotatable bonds is 5. The lowest BCUT2D eigenvalue weighted by Gasteiger charge is -2.34. The van der Waals surface area contributed by atoms with Crippen molar-refractivity contribution in [1.29, 1.82) is 0 Å². The van der Waals surface area contributed by atoms with E-state index in [1.54, 1.807) is 6.07 Å². The molecule has 0 unspecified atom stereocenters. The monoisotopic (exact) mass is 303 g/mol. The maximum Gasteiger partial charge on any atom is 0.313 e. The van der Waals surface area contributed by atoms with Crippen LogP contribution < -0.4 is 0 Å². The maximum absolute atomic E-state index is 12.6. The molecule has 0 aliphatic carbocycles. The number of carbonyl (C=O) groups excluding carboxylic acids is 1. The third kappa shape index (κ3) is 2.39. The van der Waals surface area contributed by atoms with Crippen molar-refractivity contribution in [2.24, 2.45) is 5.41 Å². The summed E-state index contributed by atoms with van der Waals surface area (Å²) < 4.78 is 5.38. The van der Waals surface area contributed by atoms with Crippen molar-refractivity contribution in [3.63, 3.8) is 0 Å². The smallest absolute Gasteiger partial charge is 0.313 e. The normalized spacial score (nSPS) is 30.6. The van der Waals surface area contributed by atoms with Crippen molar-refractivity contribution in [2.45, 2.75) is 58.2 Å². The molecular weight excluding hydrogens is 278 g/mol. The first-order valence-electron chi connectivity index (χ1n) is 8.31. The van der Waals surface area contributed by atoms with Gasteiger partial charge in [0.1, 0.15) is 5.75 Å². The van der Waals surface area contributed by atoms with E-state index in [0.717, 1.165) is 37.8 Å². The van der Waals surface area contributed by atoms with Gasteiger partial charge in [0.15, 0.2) is 0 Å². The Morgan fingerprint density at radius 2 is 2.23 bits per heavy atom.